The van der Waals surface area contributed by atoms with Crippen LogP contribution in [0.4, 0.5) is 5.82 Å². The van der Waals surface area contributed by atoms with Crippen LogP contribution in [0.2, 0.25) is 0 Å². The Morgan fingerprint density at radius 2 is 2.20 bits per heavy atom. The number of hydrogen-bond acceptors (Lipinski definition) is 4. The maximum absolute atomic E-state index is 11.8. The Kier molecular flexibility index (Phi) is 4.14. The lowest BCUT2D eigenvalue weighted by molar-refractivity contribution is -0.116. The predicted octanol–water partition coefficient (Wildman–Crippen LogP) is 0.641. The molecule has 0 fully saturated rings. The molecule has 2 N–H and O–H groups in total. The zero-order valence-corrected chi connectivity index (χ0v) is 12.1. The van der Waals surface area contributed by atoms with E-state index >= 15 is 0 Å². The number of rotatable bonds is 3. The molecule has 1 amide bonds. The van der Waals surface area contributed by atoms with Gasteiger partial charge in [-0.3, -0.25) is 14.2 Å². The minimum absolute atomic E-state index is 0.343. The van der Waals surface area contributed by atoms with Crippen molar-refractivity contribution in [1.82, 2.24) is 14.5 Å². The van der Waals surface area contributed by atoms with Crippen LogP contribution in [-0.4, -0.2) is 20.4 Å². The first-order valence-corrected chi connectivity index (χ1v) is 6.47. The summed E-state index contributed by atoms with van der Waals surface area (Å²) < 4.78 is 1.62. The molecule has 0 atom stereocenters. The molecule has 0 saturated carbocycles. The third-order valence-corrected chi connectivity index (χ3v) is 3.01. The van der Waals surface area contributed by atoms with Crippen LogP contribution in [0.15, 0.2) is 38.6 Å². The Hall–Kier alpha value is -2.22. The molecular formula is C12H11BrN4O3. The van der Waals surface area contributed by atoms with Crippen molar-refractivity contribution >= 4 is 27.7 Å². The average molecular weight is 339 g/mol. The molecule has 2 rings (SSSR count). The molecule has 0 aliphatic carbocycles. The molecule has 0 aromatic carbocycles. The number of amides is 1. The average Bonchev–Trinajstić information content (AvgIpc) is 2.42. The zero-order valence-electron chi connectivity index (χ0n) is 10.5. The molecule has 2 aromatic heterocycles. The van der Waals surface area contributed by atoms with Gasteiger partial charge in [-0.1, -0.05) is 0 Å². The van der Waals surface area contributed by atoms with E-state index in [4.69, 9.17) is 0 Å². The van der Waals surface area contributed by atoms with E-state index in [2.05, 4.69) is 31.2 Å². The monoisotopic (exact) mass is 338 g/mol. The molecule has 0 aliphatic heterocycles. The largest absolute Gasteiger partial charge is 0.328 e. The molecule has 104 valence electrons. The minimum atomic E-state index is -0.625. The molecule has 0 aliphatic rings. The number of carbonyl (C=O) groups is 1. The van der Waals surface area contributed by atoms with Crippen molar-refractivity contribution < 1.29 is 4.79 Å². The summed E-state index contributed by atoms with van der Waals surface area (Å²) in [6, 6.07) is 3.32. The molecule has 20 heavy (non-hydrogen) atoms. The number of nitrogens with zero attached hydrogens (tertiary/aromatic N) is 2. The van der Waals surface area contributed by atoms with Crippen LogP contribution >= 0.6 is 15.9 Å². The molecule has 0 unspecified atom stereocenters. The Morgan fingerprint density at radius 3 is 2.85 bits per heavy atom. The number of carbonyl (C=O) groups excluding carboxylic acids is 1. The third-order valence-electron chi connectivity index (χ3n) is 2.54. The quantitative estimate of drug-likeness (QED) is 0.858. The summed E-state index contributed by atoms with van der Waals surface area (Å²) in [4.78, 5) is 41.5. The van der Waals surface area contributed by atoms with Gasteiger partial charge in [-0.2, -0.15) is 0 Å². The fourth-order valence-corrected chi connectivity index (χ4v) is 1.77. The van der Waals surface area contributed by atoms with E-state index in [0.29, 0.717) is 11.4 Å². The summed E-state index contributed by atoms with van der Waals surface area (Å²) >= 11 is 3.23. The van der Waals surface area contributed by atoms with Crippen LogP contribution in [0.1, 0.15) is 5.56 Å². The van der Waals surface area contributed by atoms with Gasteiger partial charge in [0, 0.05) is 22.4 Å². The number of pyridine rings is 1. The lowest BCUT2D eigenvalue weighted by Crippen LogP contribution is -2.39. The zero-order chi connectivity index (χ0) is 14.7. The van der Waals surface area contributed by atoms with Crippen molar-refractivity contribution in [2.45, 2.75) is 13.5 Å². The molecule has 0 saturated heterocycles. The van der Waals surface area contributed by atoms with E-state index in [1.165, 1.54) is 12.4 Å². The van der Waals surface area contributed by atoms with Gasteiger partial charge in [0.1, 0.15) is 12.4 Å². The van der Waals surface area contributed by atoms with E-state index in [-0.39, 0.29) is 6.54 Å². The van der Waals surface area contributed by atoms with Crippen LogP contribution in [0, 0.1) is 6.92 Å². The summed E-state index contributed by atoms with van der Waals surface area (Å²) in [7, 11) is 0. The van der Waals surface area contributed by atoms with Crippen LogP contribution in [0.5, 0.6) is 0 Å². The Morgan fingerprint density at radius 1 is 1.45 bits per heavy atom. The number of nitrogens with one attached hydrogen (secondary N) is 2. The minimum Gasteiger partial charge on any atom is -0.314 e. The standard InChI is InChI=1S/C12H11BrN4O3/c1-7-4-15-12(20)17(11(7)19)6-10(18)16-9-3-2-8(13)5-14-9/h2-5H,6H2,1H3,(H,15,20)(H,14,16,18). The lowest BCUT2D eigenvalue weighted by atomic mass is 10.4. The van der Waals surface area contributed by atoms with Gasteiger partial charge >= 0.3 is 5.69 Å². The second-order valence-electron chi connectivity index (χ2n) is 4.08. The summed E-state index contributed by atoms with van der Waals surface area (Å²) in [6.45, 7) is 1.19. The fraction of sp³-hybridized carbons (Fsp3) is 0.167. The Labute approximate surface area is 121 Å². The number of aromatic nitrogens is 3. The number of aryl methyl sites for hydroxylation is 1. The lowest BCUT2D eigenvalue weighted by Gasteiger charge is -2.06. The highest BCUT2D eigenvalue weighted by Gasteiger charge is 2.10. The van der Waals surface area contributed by atoms with Gasteiger partial charge in [-0.05, 0) is 35.0 Å². The predicted molar refractivity (Wildman–Crippen MR) is 76.6 cm³/mol. The summed E-state index contributed by atoms with van der Waals surface area (Å²) in [5.41, 5.74) is -0.758. The second-order valence-corrected chi connectivity index (χ2v) is 4.99. The maximum atomic E-state index is 11.8. The number of aromatic amines is 1. The Balaban J connectivity index is 2.17. The van der Waals surface area contributed by atoms with Gasteiger partial charge in [-0.25, -0.2) is 9.78 Å². The summed E-state index contributed by atoms with van der Waals surface area (Å²) in [5, 5.41) is 2.51. The molecule has 0 spiro atoms. The second kappa shape index (κ2) is 5.83. The van der Waals surface area contributed by atoms with Gasteiger partial charge in [-0.15, -0.1) is 0 Å². The number of H-pyrrole nitrogens is 1. The van der Waals surface area contributed by atoms with Crippen molar-refractivity contribution in [3.63, 3.8) is 0 Å². The van der Waals surface area contributed by atoms with Gasteiger partial charge in [0.15, 0.2) is 0 Å². The van der Waals surface area contributed by atoms with Crippen molar-refractivity contribution in [3.05, 3.63) is 55.4 Å². The van der Waals surface area contributed by atoms with Crippen LogP contribution in [0.3, 0.4) is 0 Å². The van der Waals surface area contributed by atoms with Crippen molar-refractivity contribution in [3.8, 4) is 0 Å². The molecule has 8 heteroatoms. The van der Waals surface area contributed by atoms with Crippen molar-refractivity contribution in [2.75, 3.05) is 5.32 Å². The third kappa shape index (κ3) is 3.21. The highest BCUT2D eigenvalue weighted by molar-refractivity contribution is 9.10. The molecule has 0 bridgehead atoms. The number of hydrogen-bond donors (Lipinski definition) is 2. The smallest absolute Gasteiger partial charge is 0.314 e. The van der Waals surface area contributed by atoms with Crippen LogP contribution in [-0.2, 0) is 11.3 Å². The van der Waals surface area contributed by atoms with Crippen molar-refractivity contribution in [1.29, 1.82) is 0 Å². The first kappa shape index (κ1) is 14.2. The van der Waals surface area contributed by atoms with E-state index in [9.17, 15) is 14.4 Å². The van der Waals surface area contributed by atoms with Crippen molar-refractivity contribution in [2.24, 2.45) is 0 Å². The highest BCUT2D eigenvalue weighted by Crippen LogP contribution is 2.10. The normalized spacial score (nSPS) is 10.3. The highest BCUT2D eigenvalue weighted by atomic mass is 79.9. The maximum Gasteiger partial charge on any atom is 0.328 e. The van der Waals surface area contributed by atoms with Gasteiger partial charge in [0.05, 0.1) is 0 Å². The van der Waals surface area contributed by atoms with Crippen LogP contribution < -0.4 is 16.6 Å². The van der Waals surface area contributed by atoms with E-state index < -0.39 is 17.2 Å². The SMILES string of the molecule is Cc1c[nH]c(=O)n(CC(=O)Nc2ccc(Br)cn2)c1=O. The van der Waals surface area contributed by atoms with Gasteiger partial charge in [0.2, 0.25) is 5.91 Å². The Bertz CT molecular complexity index is 749. The fourth-order valence-electron chi connectivity index (χ4n) is 1.53. The molecule has 7 nitrogen and oxygen atoms in total. The summed E-state index contributed by atoms with van der Waals surface area (Å²) in [6.07, 6.45) is 2.84. The number of halogens is 1. The van der Waals surface area contributed by atoms with Gasteiger partial charge < -0.3 is 10.3 Å². The molecular weight excluding hydrogens is 328 g/mol. The molecule has 0 radical (unpaired) electrons. The van der Waals surface area contributed by atoms with Gasteiger partial charge in [0.25, 0.3) is 5.56 Å². The first-order valence-electron chi connectivity index (χ1n) is 5.68. The van der Waals surface area contributed by atoms with Crippen LogP contribution in [0.25, 0.3) is 0 Å². The number of anilines is 1. The first-order chi connectivity index (χ1) is 9.47. The topological polar surface area (TPSA) is 96.8 Å². The van der Waals surface area contributed by atoms with E-state index in [0.717, 1.165) is 9.04 Å². The molecule has 2 heterocycles. The van der Waals surface area contributed by atoms with E-state index in [1.54, 1.807) is 19.1 Å². The molecule has 2 aromatic rings. The van der Waals surface area contributed by atoms with E-state index in [1.807, 2.05) is 0 Å². The summed E-state index contributed by atoms with van der Waals surface area (Å²) in [5.74, 6) is -0.159.